The van der Waals surface area contributed by atoms with Gasteiger partial charge in [-0.05, 0) is 44.2 Å². The zero-order valence-electron chi connectivity index (χ0n) is 16.1. The largest absolute Gasteiger partial charge is 0.366 e. The Labute approximate surface area is 160 Å². The standard InChI is InChI=1S/C20H30N6O/c27-20(25-14-6-3-7-15-25)13-12-19-23-22-18-11-10-17(24-26(18)19)21-16-8-4-1-2-5-9-16/h10-11,16H,1-9,12-15H2,(H,21,24). The van der Waals surface area contributed by atoms with Gasteiger partial charge in [0.2, 0.25) is 5.91 Å². The minimum absolute atomic E-state index is 0.221. The van der Waals surface area contributed by atoms with Crippen LogP contribution in [0.25, 0.3) is 5.65 Å². The van der Waals surface area contributed by atoms with Gasteiger partial charge in [-0.25, -0.2) is 0 Å². The van der Waals surface area contributed by atoms with Gasteiger partial charge in [-0.1, -0.05) is 25.7 Å². The highest BCUT2D eigenvalue weighted by Crippen LogP contribution is 2.20. The normalized spacial score (nSPS) is 19.2. The SMILES string of the molecule is O=C(CCc1nnc2ccc(NC3CCCCCC3)nn12)N1CCCCC1. The maximum absolute atomic E-state index is 12.4. The van der Waals surface area contributed by atoms with Crippen molar-refractivity contribution in [3.8, 4) is 0 Å². The molecule has 2 fully saturated rings. The predicted octanol–water partition coefficient (Wildman–Crippen LogP) is 3.20. The smallest absolute Gasteiger partial charge is 0.223 e. The number of piperidine rings is 1. The molecule has 1 saturated heterocycles. The summed E-state index contributed by atoms with van der Waals surface area (Å²) in [5.74, 6) is 1.86. The maximum atomic E-state index is 12.4. The van der Waals surface area contributed by atoms with Crippen LogP contribution >= 0.6 is 0 Å². The Morgan fingerprint density at radius 2 is 1.74 bits per heavy atom. The molecule has 7 heteroatoms. The zero-order valence-corrected chi connectivity index (χ0v) is 16.1. The first-order valence-corrected chi connectivity index (χ1v) is 10.6. The molecule has 0 radical (unpaired) electrons. The molecule has 1 aliphatic carbocycles. The number of likely N-dealkylation sites (tertiary alicyclic amines) is 1. The number of hydrogen-bond acceptors (Lipinski definition) is 5. The molecule has 1 N–H and O–H groups in total. The molecule has 2 aromatic rings. The molecule has 1 amide bonds. The van der Waals surface area contributed by atoms with E-state index < -0.39 is 0 Å². The van der Waals surface area contributed by atoms with Crippen molar-refractivity contribution in [2.75, 3.05) is 18.4 Å². The lowest BCUT2D eigenvalue weighted by Gasteiger charge is -2.26. The number of carbonyl (C=O) groups is 1. The fourth-order valence-electron chi connectivity index (χ4n) is 4.22. The van der Waals surface area contributed by atoms with Crippen molar-refractivity contribution in [1.29, 1.82) is 0 Å². The van der Waals surface area contributed by atoms with Gasteiger partial charge in [-0.15, -0.1) is 15.3 Å². The number of anilines is 1. The summed E-state index contributed by atoms with van der Waals surface area (Å²) < 4.78 is 1.79. The molecule has 0 atom stereocenters. The van der Waals surface area contributed by atoms with Gasteiger partial charge in [0, 0.05) is 32.0 Å². The van der Waals surface area contributed by atoms with Crippen LogP contribution in [0.1, 0.15) is 70.0 Å². The molecule has 27 heavy (non-hydrogen) atoms. The first-order valence-electron chi connectivity index (χ1n) is 10.6. The third-order valence-corrected chi connectivity index (χ3v) is 5.81. The van der Waals surface area contributed by atoms with Crippen LogP contribution in [-0.2, 0) is 11.2 Å². The lowest BCUT2D eigenvalue weighted by atomic mass is 10.1. The molecule has 1 aliphatic heterocycles. The Bertz CT molecular complexity index is 759. The second kappa shape index (κ2) is 8.67. The van der Waals surface area contributed by atoms with E-state index in [0.717, 1.165) is 43.2 Å². The molecule has 4 rings (SSSR count). The van der Waals surface area contributed by atoms with Crippen molar-refractivity contribution in [3.05, 3.63) is 18.0 Å². The van der Waals surface area contributed by atoms with Crippen molar-refractivity contribution in [2.45, 2.75) is 76.7 Å². The molecule has 0 bridgehead atoms. The number of hydrogen-bond donors (Lipinski definition) is 1. The van der Waals surface area contributed by atoms with E-state index >= 15 is 0 Å². The first kappa shape index (κ1) is 18.2. The fraction of sp³-hybridized carbons (Fsp3) is 0.700. The summed E-state index contributed by atoms with van der Waals surface area (Å²) in [5, 5.41) is 16.8. The highest BCUT2D eigenvalue weighted by atomic mass is 16.2. The summed E-state index contributed by atoms with van der Waals surface area (Å²) in [6.45, 7) is 1.79. The molecular weight excluding hydrogens is 340 g/mol. The molecular formula is C20H30N6O. The molecule has 7 nitrogen and oxygen atoms in total. The lowest BCUT2D eigenvalue weighted by Crippen LogP contribution is -2.35. The Morgan fingerprint density at radius 1 is 1.00 bits per heavy atom. The number of nitrogens with zero attached hydrogens (tertiary/aromatic N) is 5. The zero-order chi connectivity index (χ0) is 18.5. The Morgan fingerprint density at radius 3 is 2.52 bits per heavy atom. The minimum atomic E-state index is 0.221. The molecule has 0 aromatic carbocycles. The molecule has 2 aromatic heterocycles. The van der Waals surface area contributed by atoms with Crippen LogP contribution in [0, 0.1) is 0 Å². The number of amides is 1. The van der Waals surface area contributed by atoms with Crippen LogP contribution in [0.15, 0.2) is 12.1 Å². The van der Waals surface area contributed by atoms with Crippen LogP contribution in [0.4, 0.5) is 5.82 Å². The van der Waals surface area contributed by atoms with Gasteiger partial charge < -0.3 is 10.2 Å². The van der Waals surface area contributed by atoms with E-state index in [4.69, 9.17) is 5.10 Å². The maximum Gasteiger partial charge on any atom is 0.223 e. The van der Waals surface area contributed by atoms with E-state index in [2.05, 4.69) is 15.5 Å². The Hall–Kier alpha value is -2.18. The van der Waals surface area contributed by atoms with Crippen LogP contribution in [0.2, 0.25) is 0 Å². The Kier molecular flexibility index (Phi) is 5.84. The van der Waals surface area contributed by atoms with Gasteiger partial charge in [-0.2, -0.15) is 4.52 Å². The lowest BCUT2D eigenvalue weighted by molar-refractivity contribution is -0.132. The topological polar surface area (TPSA) is 75.4 Å². The molecule has 3 heterocycles. The van der Waals surface area contributed by atoms with Crippen LogP contribution in [0.3, 0.4) is 0 Å². The summed E-state index contributed by atoms with van der Waals surface area (Å²) in [6, 6.07) is 4.44. The quantitative estimate of drug-likeness (QED) is 0.818. The van der Waals surface area contributed by atoms with Crippen molar-refractivity contribution in [3.63, 3.8) is 0 Å². The number of fused-ring (bicyclic) bond motifs is 1. The highest BCUT2D eigenvalue weighted by Gasteiger charge is 2.18. The first-order chi connectivity index (χ1) is 13.3. The molecule has 0 spiro atoms. The average molecular weight is 371 g/mol. The third kappa shape index (κ3) is 4.57. The molecule has 1 saturated carbocycles. The van der Waals surface area contributed by atoms with Crippen molar-refractivity contribution < 1.29 is 4.79 Å². The van der Waals surface area contributed by atoms with E-state index in [1.54, 1.807) is 4.52 Å². The number of rotatable bonds is 5. The highest BCUT2D eigenvalue weighted by molar-refractivity contribution is 5.76. The fourth-order valence-corrected chi connectivity index (χ4v) is 4.22. The van der Waals surface area contributed by atoms with E-state index in [9.17, 15) is 4.79 Å². The van der Waals surface area contributed by atoms with Crippen molar-refractivity contribution in [1.82, 2.24) is 24.7 Å². The van der Waals surface area contributed by atoms with Gasteiger partial charge in [0.1, 0.15) is 5.82 Å². The van der Waals surface area contributed by atoms with Crippen LogP contribution < -0.4 is 5.32 Å². The van der Waals surface area contributed by atoms with E-state index in [0.29, 0.717) is 18.9 Å². The van der Waals surface area contributed by atoms with Crippen LogP contribution in [-0.4, -0.2) is 49.7 Å². The van der Waals surface area contributed by atoms with E-state index in [1.165, 1.54) is 44.9 Å². The van der Waals surface area contributed by atoms with Gasteiger partial charge >= 0.3 is 0 Å². The molecule has 0 unspecified atom stereocenters. The number of aromatic nitrogens is 4. The monoisotopic (exact) mass is 370 g/mol. The summed E-state index contributed by atoms with van der Waals surface area (Å²) in [4.78, 5) is 14.4. The summed E-state index contributed by atoms with van der Waals surface area (Å²) in [7, 11) is 0. The summed E-state index contributed by atoms with van der Waals surface area (Å²) in [5.41, 5.74) is 0.738. The van der Waals surface area contributed by atoms with Gasteiger partial charge in [-0.3, -0.25) is 4.79 Å². The third-order valence-electron chi connectivity index (χ3n) is 5.81. The second-order valence-corrected chi connectivity index (χ2v) is 7.88. The second-order valence-electron chi connectivity index (χ2n) is 7.88. The van der Waals surface area contributed by atoms with Gasteiger partial charge in [0.15, 0.2) is 11.5 Å². The number of aryl methyl sites for hydroxylation is 1. The number of carbonyl (C=O) groups excluding carboxylic acids is 1. The molecule has 146 valence electrons. The van der Waals surface area contributed by atoms with Crippen molar-refractivity contribution >= 4 is 17.4 Å². The van der Waals surface area contributed by atoms with Gasteiger partial charge in [0.25, 0.3) is 0 Å². The minimum Gasteiger partial charge on any atom is -0.366 e. The average Bonchev–Trinajstić information content (AvgIpc) is 2.92. The Balaban J connectivity index is 1.41. The molecule has 2 aliphatic rings. The van der Waals surface area contributed by atoms with E-state index in [1.807, 2.05) is 17.0 Å². The summed E-state index contributed by atoms with van der Waals surface area (Å²) >= 11 is 0. The van der Waals surface area contributed by atoms with Crippen LogP contribution in [0.5, 0.6) is 0 Å². The summed E-state index contributed by atoms with van der Waals surface area (Å²) in [6.07, 6.45) is 12.2. The van der Waals surface area contributed by atoms with Crippen molar-refractivity contribution in [2.24, 2.45) is 0 Å². The van der Waals surface area contributed by atoms with E-state index in [-0.39, 0.29) is 5.91 Å². The van der Waals surface area contributed by atoms with Gasteiger partial charge in [0.05, 0.1) is 0 Å². The predicted molar refractivity (Wildman–Crippen MR) is 105 cm³/mol. The number of nitrogens with one attached hydrogen (secondary N) is 1.